The second kappa shape index (κ2) is 4.24. The number of ether oxygens (including phenoxy) is 1. The largest absolute Gasteiger partial charge is 0.377 e. The Bertz CT molecular complexity index is 136. The van der Waals surface area contributed by atoms with Gasteiger partial charge in [0.1, 0.15) is 0 Å². The Morgan fingerprint density at radius 3 is 2.83 bits per heavy atom. The van der Waals surface area contributed by atoms with E-state index in [-0.39, 0.29) is 5.60 Å². The molecule has 1 atom stereocenters. The number of hydrogen-bond donors (Lipinski definition) is 0. The van der Waals surface area contributed by atoms with E-state index in [4.69, 9.17) is 4.74 Å². The van der Waals surface area contributed by atoms with Crippen molar-refractivity contribution in [2.24, 2.45) is 0 Å². The maximum Gasteiger partial charge on any atom is 0.0777 e. The summed E-state index contributed by atoms with van der Waals surface area (Å²) in [5.74, 6) is 0. The quantitative estimate of drug-likeness (QED) is 0.643. The molecule has 0 N–H and O–H groups in total. The molecule has 0 aliphatic carbocycles. The number of likely N-dealkylation sites (tertiary alicyclic amines) is 1. The Hall–Kier alpha value is -0.0800. The van der Waals surface area contributed by atoms with Crippen LogP contribution in [0.2, 0.25) is 0 Å². The first-order chi connectivity index (χ1) is 5.70. The van der Waals surface area contributed by atoms with Gasteiger partial charge in [-0.25, -0.2) is 0 Å². The van der Waals surface area contributed by atoms with Gasteiger partial charge >= 0.3 is 0 Å². The Labute approximate surface area is 75.9 Å². The Kier molecular flexibility index (Phi) is 3.53. The van der Waals surface area contributed by atoms with Gasteiger partial charge in [0.2, 0.25) is 0 Å². The molecule has 1 unspecified atom stereocenters. The van der Waals surface area contributed by atoms with Gasteiger partial charge in [0.25, 0.3) is 0 Å². The number of piperidine rings is 1. The van der Waals surface area contributed by atoms with E-state index in [9.17, 15) is 0 Å². The number of rotatable bonds is 3. The highest BCUT2D eigenvalue weighted by molar-refractivity contribution is 4.84. The highest BCUT2D eigenvalue weighted by Gasteiger charge is 2.29. The van der Waals surface area contributed by atoms with Crippen LogP contribution < -0.4 is 0 Å². The lowest BCUT2D eigenvalue weighted by atomic mass is 9.95. The first-order valence-corrected chi connectivity index (χ1v) is 4.98. The van der Waals surface area contributed by atoms with Crippen LogP contribution in [0.5, 0.6) is 0 Å². The van der Waals surface area contributed by atoms with Gasteiger partial charge in [-0.3, -0.25) is 0 Å². The summed E-state index contributed by atoms with van der Waals surface area (Å²) in [5.41, 5.74) is 0.118. The summed E-state index contributed by atoms with van der Waals surface area (Å²) in [6.45, 7) is 8.04. The van der Waals surface area contributed by atoms with E-state index in [2.05, 4.69) is 18.7 Å². The fraction of sp³-hybridized carbons (Fsp3) is 1.00. The minimum atomic E-state index is 0.118. The van der Waals surface area contributed by atoms with Crippen molar-refractivity contribution >= 4 is 0 Å². The summed E-state index contributed by atoms with van der Waals surface area (Å²) in [6.07, 6.45) is 3.74. The van der Waals surface area contributed by atoms with Crippen LogP contribution in [0.25, 0.3) is 0 Å². The minimum Gasteiger partial charge on any atom is -0.377 e. The molecule has 1 saturated heterocycles. The van der Waals surface area contributed by atoms with Crippen LogP contribution in [0.1, 0.15) is 33.1 Å². The second-order valence-corrected chi connectivity index (χ2v) is 4.03. The SMILES string of the molecule is CCCN1CCCC(C)(OC)C1. The molecule has 0 bridgehead atoms. The van der Waals surface area contributed by atoms with Crippen molar-refractivity contribution in [3.63, 3.8) is 0 Å². The lowest BCUT2D eigenvalue weighted by Crippen LogP contribution is -2.47. The molecule has 2 nitrogen and oxygen atoms in total. The van der Waals surface area contributed by atoms with Crippen LogP contribution in [0, 0.1) is 0 Å². The van der Waals surface area contributed by atoms with Crippen molar-refractivity contribution < 1.29 is 4.74 Å². The van der Waals surface area contributed by atoms with Gasteiger partial charge in [-0.2, -0.15) is 0 Å². The van der Waals surface area contributed by atoms with Crippen LogP contribution in [0.15, 0.2) is 0 Å². The molecule has 0 radical (unpaired) electrons. The summed E-state index contributed by atoms with van der Waals surface area (Å²) in [4.78, 5) is 2.51. The van der Waals surface area contributed by atoms with Crippen molar-refractivity contribution in [3.8, 4) is 0 Å². The van der Waals surface area contributed by atoms with E-state index in [1.165, 1.54) is 32.4 Å². The van der Waals surface area contributed by atoms with Gasteiger partial charge in [-0.1, -0.05) is 6.92 Å². The molecule has 72 valence electrons. The molecule has 0 aromatic heterocycles. The van der Waals surface area contributed by atoms with Gasteiger partial charge in [0.05, 0.1) is 5.60 Å². The summed E-state index contributed by atoms with van der Waals surface area (Å²) in [7, 11) is 1.83. The number of nitrogens with zero attached hydrogens (tertiary/aromatic N) is 1. The van der Waals surface area contributed by atoms with E-state index in [0.29, 0.717) is 0 Å². The summed E-state index contributed by atoms with van der Waals surface area (Å²) >= 11 is 0. The monoisotopic (exact) mass is 171 g/mol. The van der Waals surface area contributed by atoms with Gasteiger partial charge in [-0.05, 0) is 39.3 Å². The van der Waals surface area contributed by atoms with Crippen molar-refractivity contribution in [3.05, 3.63) is 0 Å². The predicted molar refractivity (Wildman–Crippen MR) is 51.4 cm³/mol. The lowest BCUT2D eigenvalue weighted by molar-refractivity contribution is -0.0504. The molecule has 1 rings (SSSR count). The van der Waals surface area contributed by atoms with E-state index >= 15 is 0 Å². The normalized spacial score (nSPS) is 32.2. The Morgan fingerprint density at radius 2 is 2.25 bits per heavy atom. The number of methoxy groups -OCH3 is 1. The van der Waals surface area contributed by atoms with E-state index in [0.717, 1.165) is 6.54 Å². The molecule has 0 aromatic carbocycles. The molecule has 0 amide bonds. The maximum absolute atomic E-state index is 5.51. The summed E-state index contributed by atoms with van der Waals surface area (Å²) in [5, 5.41) is 0. The Morgan fingerprint density at radius 1 is 1.50 bits per heavy atom. The smallest absolute Gasteiger partial charge is 0.0777 e. The molecular weight excluding hydrogens is 150 g/mol. The lowest BCUT2D eigenvalue weighted by Gasteiger charge is -2.39. The fourth-order valence-electron chi connectivity index (χ4n) is 1.98. The highest BCUT2D eigenvalue weighted by atomic mass is 16.5. The van der Waals surface area contributed by atoms with Gasteiger partial charge in [0, 0.05) is 13.7 Å². The molecule has 1 heterocycles. The average Bonchev–Trinajstić information content (AvgIpc) is 2.05. The van der Waals surface area contributed by atoms with Crippen LogP contribution in [-0.4, -0.2) is 37.2 Å². The molecule has 0 aromatic rings. The zero-order chi connectivity index (χ0) is 9.03. The molecule has 2 heteroatoms. The summed E-state index contributed by atoms with van der Waals surface area (Å²) in [6, 6.07) is 0. The first kappa shape index (κ1) is 10.0. The standard InChI is InChI=1S/C10H21NO/c1-4-7-11-8-5-6-10(2,9-11)12-3/h4-9H2,1-3H3. The third kappa shape index (κ3) is 2.46. The topological polar surface area (TPSA) is 12.5 Å². The minimum absolute atomic E-state index is 0.118. The first-order valence-electron chi connectivity index (χ1n) is 4.98. The molecule has 1 aliphatic heterocycles. The zero-order valence-electron chi connectivity index (χ0n) is 8.60. The van der Waals surface area contributed by atoms with E-state index in [1.807, 2.05) is 7.11 Å². The Balaban J connectivity index is 2.39. The van der Waals surface area contributed by atoms with E-state index < -0.39 is 0 Å². The highest BCUT2D eigenvalue weighted by Crippen LogP contribution is 2.23. The molecule has 12 heavy (non-hydrogen) atoms. The molecule has 1 fully saturated rings. The molecule has 0 saturated carbocycles. The maximum atomic E-state index is 5.51. The zero-order valence-corrected chi connectivity index (χ0v) is 8.60. The van der Waals surface area contributed by atoms with Crippen LogP contribution >= 0.6 is 0 Å². The van der Waals surface area contributed by atoms with Crippen molar-refractivity contribution in [2.75, 3.05) is 26.7 Å². The summed E-state index contributed by atoms with van der Waals surface area (Å²) < 4.78 is 5.51. The molecular formula is C10H21NO. The molecule has 1 aliphatic rings. The predicted octanol–water partition coefficient (Wildman–Crippen LogP) is 1.90. The van der Waals surface area contributed by atoms with Crippen molar-refractivity contribution in [1.29, 1.82) is 0 Å². The van der Waals surface area contributed by atoms with Crippen LogP contribution in [0.4, 0.5) is 0 Å². The van der Waals surface area contributed by atoms with Gasteiger partial charge in [-0.15, -0.1) is 0 Å². The molecule has 0 spiro atoms. The van der Waals surface area contributed by atoms with Gasteiger partial charge in [0.15, 0.2) is 0 Å². The van der Waals surface area contributed by atoms with Crippen LogP contribution in [0.3, 0.4) is 0 Å². The van der Waals surface area contributed by atoms with Crippen molar-refractivity contribution in [2.45, 2.75) is 38.7 Å². The van der Waals surface area contributed by atoms with Gasteiger partial charge < -0.3 is 9.64 Å². The second-order valence-electron chi connectivity index (χ2n) is 4.03. The fourth-order valence-corrected chi connectivity index (χ4v) is 1.98. The third-order valence-corrected chi connectivity index (χ3v) is 2.77. The number of hydrogen-bond acceptors (Lipinski definition) is 2. The average molecular weight is 171 g/mol. The van der Waals surface area contributed by atoms with Crippen LogP contribution in [-0.2, 0) is 4.74 Å². The van der Waals surface area contributed by atoms with Crippen molar-refractivity contribution in [1.82, 2.24) is 4.90 Å². The van der Waals surface area contributed by atoms with E-state index in [1.54, 1.807) is 0 Å². The third-order valence-electron chi connectivity index (χ3n) is 2.77.